The summed E-state index contributed by atoms with van der Waals surface area (Å²) in [6.45, 7) is 0.678. The van der Waals surface area contributed by atoms with Crippen molar-refractivity contribution in [2.75, 3.05) is 26.8 Å². The molecule has 5 nitrogen and oxygen atoms in total. The Bertz CT molecular complexity index is 464. The van der Waals surface area contributed by atoms with Crippen LogP contribution >= 0.6 is 15.9 Å². The molecule has 20 heavy (non-hydrogen) atoms. The Kier molecular flexibility index (Phi) is 7.25. The average Bonchev–Trinajstić information content (AvgIpc) is 2.46. The molecule has 0 unspecified atom stereocenters. The summed E-state index contributed by atoms with van der Waals surface area (Å²) in [4.78, 5) is 25.1. The van der Waals surface area contributed by atoms with Crippen molar-refractivity contribution in [1.29, 1.82) is 0 Å². The van der Waals surface area contributed by atoms with Crippen LogP contribution in [0.2, 0.25) is 0 Å². The van der Waals surface area contributed by atoms with Gasteiger partial charge in [0.05, 0.1) is 13.5 Å². The van der Waals surface area contributed by atoms with Gasteiger partial charge in [-0.25, -0.2) is 0 Å². The van der Waals surface area contributed by atoms with Crippen LogP contribution in [0.1, 0.15) is 23.2 Å². The predicted molar refractivity (Wildman–Crippen MR) is 78.4 cm³/mol. The number of ether oxygens (including phenoxy) is 1. The van der Waals surface area contributed by atoms with Gasteiger partial charge in [0.15, 0.2) is 0 Å². The molecule has 0 spiro atoms. The van der Waals surface area contributed by atoms with Crippen molar-refractivity contribution in [1.82, 2.24) is 4.90 Å². The topological polar surface area (TPSA) is 66.8 Å². The Balaban J connectivity index is 2.75. The van der Waals surface area contributed by atoms with E-state index in [4.69, 9.17) is 5.11 Å². The molecule has 110 valence electrons. The summed E-state index contributed by atoms with van der Waals surface area (Å²) in [5.41, 5.74) is 0.544. The Hall–Kier alpha value is -1.40. The number of benzene rings is 1. The zero-order chi connectivity index (χ0) is 15.0. The molecule has 1 aromatic carbocycles. The number of methoxy groups -OCH3 is 1. The third-order valence-electron chi connectivity index (χ3n) is 2.76. The molecule has 0 saturated carbocycles. The smallest absolute Gasteiger partial charge is 0.307 e. The second kappa shape index (κ2) is 8.71. The van der Waals surface area contributed by atoms with Gasteiger partial charge in [0.25, 0.3) is 5.91 Å². The number of nitrogens with zero attached hydrogens (tertiary/aromatic N) is 1. The summed E-state index contributed by atoms with van der Waals surface area (Å²) in [5, 5.41) is 8.90. The summed E-state index contributed by atoms with van der Waals surface area (Å²) in [5.74, 6) is -0.523. The zero-order valence-electron chi connectivity index (χ0n) is 11.3. The standard InChI is InChI=1S/C14H18BrNO4/c1-20-13(18)6-8-16(7-3-9-17)14(19)11-4-2-5-12(15)10-11/h2,4-5,10,17H,3,6-9H2,1H3. The maximum Gasteiger partial charge on any atom is 0.307 e. The van der Waals surface area contributed by atoms with Gasteiger partial charge in [0.1, 0.15) is 0 Å². The van der Waals surface area contributed by atoms with Crippen LogP contribution in [-0.2, 0) is 9.53 Å². The molecule has 0 atom stereocenters. The number of carbonyl (C=O) groups is 2. The van der Waals surface area contributed by atoms with Crippen molar-refractivity contribution in [2.45, 2.75) is 12.8 Å². The van der Waals surface area contributed by atoms with Gasteiger partial charge in [0, 0.05) is 29.7 Å². The Morgan fingerprint density at radius 1 is 1.35 bits per heavy atom. The number of hydrogen-bond acceptors (Lipinski definition) is 4. The molecule has 1 rings (SSSR count). The van der Waals surface area contributed by atoms with E-state index in [2.05, 4.69) is 20.7 Å². The Morgan fingerprint density at radius 2 is 2.10 bits per heavy atom. The normalized spacial score (nSPS) is 10.2. The number of hydrogen-bond donors (Lipinski definition) is 1. The molecule has 0 aliphatic heterocycles. The van der Waals surface area contributed by atoms with E-state index in [0.29, 0.717) is 18.5 Å². The van der Waals surface area contributed by atoms with Crippen LogP contribution in [0.15, 0.2) is 28.7 Å². The second-order valence-corrected chi connectivity index (χ2v) is 5.12. The van der Waals surface area contributed by atoms with Gasteiger partial charge in [0.2, 0.25) is 0 Å². The minimum absolute atomic E-state index is 0.000484. The summed E-state index contributed by atoms with van der Waals surface area (Å²) in [6.07, 6.45) is 0.614. The number of aliphatic hydroxyl groups is 1. The van der Waals surface area contributed by atoms with Gasteiger partial charge >= 0.3 is 5.97 Å². The summed E-state index contributed by atoms with van der Waals surface area (Å²) in [7, 11) is 1.32. The molecule has 1 amide bonds. The maximum atomic E-state index is 12.4. The fourth-order valence-corrected chi connectivity index (χ4v) is 2.11. The van der Waals surface area contributed by atoms with Gasteiger partial charge in [-0.15, -0.1) is 0 Å². The van der Waals surface area contributed by atoms with Gasteiger partial charge in [-0.1, -0.05) is 22.0 Å². The minimum atomic E-state index is -0.360. The highest BCUT2D eigenvalue weighted by molar-refractivity contribution is 9.10. The van der Waals surface area contributed by atoms with Crippen LogP contribution in [0.3, 0.4) is 0 Å². The fraction of sp³-hybridized carbons (Fsp3) is 0.429. The number of carbonyl (C=O) groups excluding carboxylic acids is 2. The highest BCUT2D eigenvalue weighted by atomic mass is 79.9. The van der Waals surface area contributed by atoms with Gasteiger partial charge < -0.3 is 14.7 Å². The fourth-order valence-electron chi connectivity index (χ4n) is 1.71. The highest BCUT2D eigenvalue weighted by Gasteiger charge is 2.17. The predicted octanol–water partition coefficient (Wildman–Crippen LogP) is 1.84. The van der Waals surface area contributed by atoms with Crippen LogP contribution in [0.25, 0.3) is 0 Å². The quantitative estimate of drug-likeness (QED) is 0.767. The molecule has 6 heteroatoms. The zero-order valence-corrected chi connectivity index (χ0v) is 12.9. The monoisotopic (exact) mass is 343 g/mol. The molecule has 0 radical (unpaired) electrons. The van der Waals surface area contributed by atoms with Gasteiger partial charge in [-0.2, -0.15) is 0 Å². The highest BCUT2D eigenvalue weighted by Crippen LogP contribution is 2.14. The van der Waals surface area contributed by atoms with Crippen molar-refractivity contribution in [3.8, 4) is 0 Å². The first-order chi connectivity index (χ1) is 9.58. The molecule has 1 N–H and O–H groups in total. The number of esters is 1. The third-order valence-corrected chi connectivity index (χ3v) is 3.25. The molecule has 0 heterocycles. The van der Waals surface area contributed by atoms with E-state index in [9.17, 15) is 9.59 Å². The van der Waals surface area contributed by atoms with Crippen LogP contribution in [-0.4, -0.2) is 48.7 Å². The molecule has 0 fully saturated rings. The largest absolute Gasteiger partial charge is 0.469 e. The minimum Gasteiger partial charge on any atom is -0.469 e. The lowest BCUT2D eigenvalue weighted by molar-refractivity contribution is -0.140. The first kappa shape index (κ1) is 16.7. The van der Waals surface area contributed by atoms with Crippen LogP contribution < -0.4 is 0 Å². The lowest BCUT2D eigenvalue weighted by Gasteiger charge is -2.22. The van der Waals surface area contributed by atoms with Crippen molar-refractivity contribution >= 4 is 27.8 Å². The van der Waals surface area contributed by atoms with Crippen LogP contribution in [0.5, 0.6) is 0 Å². The first-order valence-corrected chi connectivity index (χ1v) is 7.10. The summed E-state index contributed by atoms with van der Waals surface area (Å²) in [6, 6.07) is 7.06. The Labute approximate surface area is 126 Å². The molecule has 0 aromatic heterocycles. The number of rotatable bonds is 7. The SMILES string of the molecule is COC(=O)CCN(CCCO)C(=O)c1cccc(Br)c1. The van der Waals surface area contributed by atoms with E-state index < -0.39 is 0 Å². The van der Waals surface area contributed by atoms with E-state index in [1.807, 2.05) is 6.07 Å². The third kappa shape index (κ3) is 5.30. The van der Waals surface area contributed by atoms with Crippen molar-refractivity contribution in [2.24, 2.45) is 0 Å². The molecular weight excluding hydrogens is 326 g/mol. The molecular formula is C14H18BrNO4. The van der Waals surface area contributed by atoms with E-state index >= 15 is 0 Å². The molecule has 0 aliphatic rings. The number of halogens is 1. The van der Waals surface area contributed by atoms with Crippen LogP contribution in [0, 0.1) is 0 Å². The molecule has 0 bridgehead atoms. The van der Waals surface area contributed by atoms with Gasteiger partial charge in [-0.05, 0) is 24.6 Å². The number of amides is 1. The lowest BCUT2D eigenvalue weighted by Crippen LogP contribution is -2.34. The van der Waals surface area contributed by atoms with E-state index in [1.165, 1.54) is 7.11 Å². The maximum absolute atomic E-state index is 12.4. The van der Waals surface area contributed by atoms with Crippen molar-refractivity contribution < 1.29 is 19.4 Å². The van der Waals surface area contributed by atoms with Gasteiger partial charge in [-0.3, -0.25) is 9.59 Å². The lowest BCUT2D eigenvalue weighted by atomic mass is 10.2. The summed E-state index contributed by atoms with van der Waals surface area (Å²) >= 11 is 3.32. The molecule has 0 saturated heterocycles. The van der Waals surface area contributed by atoms with Crippen molar-refractivity contribution in [3.63, 3.8) is 0 Å². The number of aliphatic hydroxyl groups excluding tert-OH is 1. The summed E-state index contributed by atoms with van der Waals surface area (Å²) < 4.78 is 5.39. The molecule has 1 aromatic rings. The van der Waals surface area contributed by atoms with Crippen LogP contribution in [0.4, 0.5) is 0 Å². The first-order valence-electron chi connectivity index (χ1n) is 6.31. The Morgan fingerprint density at radius 3 is 2.70 bits per heavy atom. The second-order valence-electron chi connectivity index (χ2n) is 4.21. The molecule has 0 aliphatic carbocycles. The van der Waals surface area contributed by atoms with E-state index in [0.717, 1.165) is 4.47 Å². The van der Waals surface area contributed by atoms with E-state index in [-0.39, 0.29) is 31.4 Å². The van der Waals surface area contributed by atoms with E-state index in [1.54, 1.807) is 23.1 Å². The van der Waals surface area contributed by atoms with Crippen molar-refractivity contribution in [3.05, 3.63) is 34.3 Å². The average molecular weight is 344 g/mol.